The van der Waals surface area contributed by atoms with Crippen molar-refractivity contribution in [3.8, 4) is 0 Å². The van der Waals surface area contributed by atoms with Crippen molar-refractivity contribution in [1.82, 2.24) is 9.97 Å². The molecule has 7 nitrogen and oxygen atoms in total. The van der Waals surface area contributed by atoms with Crippen LogP contribution in [0.15, 0.2) is 83.0 Å². The van der Waals surface area contributed by atoms with Crippen molar-refractivity contribution >= 4 is 34.7 Å². The second-order valence-corrected chi connectivity index (χ2v) is 8.90. The van der Waals surface area contributed by atoms with Gasteiger partial charge in [0.1, 0.15) is 11.6 Å². The van der Waals surface area contributed by atoms with Gasteiger partial charge in [-0.1, -0.05) is 18.2 Å². The molecular formula is C28H23F2N7. The highest BCUT2D eigenvalue weighted by Gasteiger charge is 2.20. The summed E-state index contributed by atoms with van der Waals surface area (Å²) in [5.74, 6) is 0.809. The van der Waals surface area contributed by atoms with E-state index in [0.29, 0.717) is 30.4 Å². The van der Waals surface area contributed by atoms with Gasteiger partial charge in [0.25, 0.3) is 0 Å². The third kappa shape index (κ3) is 5.02. The number of benzene rings is 3. The van der Waals surface area contributed by atoms with E-state index in [4.69, 9.17) is 0 Å². The van der Waals surface area contributed by atoms with Crippen LogP contribution in [0.3, 0.4) is 0 Å². The van der Waals surface area contributed by atoms with Gasteiger partial charge in [-0.15, -0.1) is 0 Å². The zero-order valence-electron chi connectivity index (χ0n) is 19.8. The first-order chi connectivity index (χ1) is 18.1. The predicted molar refractivity (Wildman–Crippen MR) is 142 cm³/mol. The molecule has 0 fully saturated rings. The van der Waals surface area contributed by atoms with E-state index >= 15 is 0 Å². The Balaban J connectivity index is 1.28. The molecule has 0 unspecified atom stereocenters. The lowest BCUT2D eigenvalue weighted by atomic mass is 10.1. The SMILES string of the molecule is Fc1ccc2c(c1)CCC2=NNc1cc(NN=C2CCc3cc(F)ccc32)nc(Nc2ccccc2)n1. The molecule has 4 aromatic rings. The zero-order chi connectivity index (χ0) is 25.2. The van der Waals surface area contributed by atoms with E-state index in [9.17, 15) is 8.78 Å². The van der Waals surface area contributed by atoms with Crippen LogP contribution in [0.25, 0.3) is 0 Å². The molecule has 184 valence electrons. The summed E-state index contributed by atoms with van der Waals surface area (Å²) in [7, 11) is 0. The summed E-state index contributed by atoms with van der Waals surface area (Å²) in [6.45, 7) is 0. The van der Waals surface area contributed by atoms with Gasteiger partial charge >= 0.3 is 0 Å². The molecule has 0 atom stereocenters. The molecule has 3 N–H and O–H groups in total. The van der Waals surface area contributed by atoms with Crippen molar-refractivity contribution in [2.24, 2.45) is 10.2 Å². The molecule has 0 saturated heterocycles. The van der Waals surface area contributed by atoms with E-state index in [1.54, 1.807) is 30.3 Å². The Morgan fingerprint density at radius 1 is 0.622 bits per heavy atom. The standard InChI is InChI=1S/C28H23F2N7/c29-19-8-10-22-17(14-19)6-12-24(22)34-36-26-16-27(33-28(32-26)31-21-4-2-1-3-5-21)37-35-25-13-7-18-15-20(30)9-11-23(18)25/h1-5,8-11,14-16H,6-7,12-13H2,(H3,31,32,33,36,37). The second kappa shape index (κ2) is 9.77. The molecule has 37 heavy (non-hydrogen) atoms. The number of anilines is 4. The van der Waals surface area contributed by atoms with Crippen LogP contribution >= 0.6 is 0 Å². The first-order valence-corrected chi connectivity index (χ1v) is 12.0. The Kier molecular flexibility index (Phi) is 6.02. The summed E-state index contributed by atoms with van der Waals surface area (Å²) < 4.78 is 27.2. The summed E-state index contributed by atoms with van der Waals surface area (Å²) in [5.41, 5.74) is 12.4. The fourth-order valence-corrected chi connectivity index (χ4v) is 4.63. The highest BCUT2D eigenvalue weighted by Crippen LogP contribution is 2.26. The van der Waals surface area contributed by atoms with Crippen LogP contribution in [0.4, 0.5) is 32.1 Å². The number of aryl methyl sites for hydroxylation is 2. The molecule has 9 heteroatoms. The molecule has 2 aliphatic carbocycles. The number of hydrogen-bond acceptors (Lipinski definition) is 7. The van der Waals surface area contributed by atoms with Crippen LogP contribution in [0.1, 0.15) is 35.1 Å². The lowest BCUT2D eigenvalue weighted by molar-refractivity contribution is 0.625. The van der Waals surface area contributed by atoms with Crippen LogP contribution in [0.2, 0.25) is 0 Å². The molecule has 0 saturated carbocycles. The minimum atomic E-state index is -0.243. The number of fused-ring (bicyclic) bond motifs is 2. The van der Waals surface area contributed by atoms with Crippen LogP contribution in [-0.4, -0.2) is 21.4 Å². The predicted octanol–water partition coefficient (Wildman–Crippen LogP) is 6.02. The molecule has 0 aliphatic heterocycles. The third-order valence-corrected chi connectivity index (χ3v) is 6.39. The van der Waals surface area contributed by atoms with E-state index in [-0.39, 0.29) is 11.6 Å². The van der Waals surface area contributed by atoms with E-state index in [0.717, 1.165) is 52.2 Å². The van der Waals surface area contributed by atoms with Gasteiger partial charge in [-0.3, -0.25) is 10.9 Å². The fraction of sp³-hybridized carbons (Fsp3) is 0.143. The highest BCUT2D eigenvalue weighted by atomic mass is 19.1. The molecule has 1 heterocycles. The lowest BCUT2D eigenvalue weighted by Gasteiger charge is -2.10. The van der Waals surface area contributed by atoms with E-state index < -0.39 is 0 Å². The van der Waals surface area contributed by atoms with Gasteiger partial charge in [0, 0.05) is 22.9 Å². The Morgan fingerprint density at radius 3 is 1.70 bits per heavy atom. The molecule has 1 aromatic heterocycles. The van der Waals surface area contributed by atoms with Gasteiger partial charge in [0.15, 0.2) is 11.6 Å². The quantitative estimate of drug-likeness (QED) is 0.285. The normalized spacial score (nSPS) is 16.1. The van der Waals surface area contributed by atoms with Crippen LogP contribution < -0.4 is 16.2 Å². The van der Waals surface area contributed by atoms with Gasteiger partial charge in [-0.05, 0) is 85.3 Å². The van der Waals surface area contributed by atoms with Gasteiger partial charge in [-0.2, -0.15) is 20.2 Å². The van der Waals surface area contributed by atoms with Crippen LogP contribution in [-0.2, 0) is 12.8 Å². The second-order valence-electron chi connectivity index (χ2n) is 8.90. The smallest absolute Gasteiger partial charge is 0.231 e. The topological polar surface area (TPSA) is 86.6 Å². The lowest BCUT2D eigenvalue weighted by Crippen LogP contribution is -2.07. The number of hydrazone groups is 2. The monoisotopic (exact) mass is 495 g/mol. The number of nitrogens with one attached hydrogen (secondary N) is 3. The maximum Gasteiger partial charge on any atom is 0.231 e. The van der Waals surface area contributed by atoms with Crippen molar-refractivity contribution < 1.29 is 8.78 Å². The number of halogens is 2. The number of rotatable bonds is 6. The largest absolute Gasteiger partial charge is 0.324 e. The molecule has 0 spiro atoms. The maximum absolute atomic E-state index is 13.6. The van der Waals surface area contributed by atoms with E-state index in [1.165, 1.54) is 12.1 Å². The summed E-state index contributed by atoms with van der Waals surface area (Å²) in [4.78, 5) is 9.11. The van der Waals surface area contributed by atoms with Crippen molar-refractivity contribution in [2.75, 3.05) is 16.2 Å². The minimum Gasteiger partial charge on any atom is -0.324 e. The molecular weight excluding hydrogens is 472 g/mol. The number of nitrogens with zero attached hydrogens (tertiary/aromatic N) is 4. The maximum atomic E-state index is 13.6. The number of hydrogen-bond donors (Lipinski definition) is 3. The molecule has 0 bridgehead atoms. The van der Waals surface area contributed by atoms with Crippen molar-refractivity contribution in [3.05, 3.63) is 107 Å². The van der Waals surface area contributed by atoms with Gasteiger partial charge in [-0.25, -0.2) is 8.78 Å². The fourth-order valence-electron chi connectivity index (χ4n) is 4.63. The van der Waals surface area contributed by atoms with Crippen LogP contribution in [0, 0.1) is 11.6 Å². The Morgan fingerprint density at radius 2 is 1.16 bits per heavy atom. The van der Waals surface area contributed by atoms with Crippen molar-refractivity contribution in [3.63, 3.8) is 0 Å². The highest BCUT2D eigenvalue weighted by molar-refractivity contribution is 6.05. The molecule has 2 aliphatic rings. The summed E-state index contributed by atoms with van der Waals surface area (Å²) >= 11 is 0. The number of aromatic nitrogens is 2. The summed E-state index contributed by atoms with van der Waals surface area (Å²) in [5, 5.41) is 12.3. The third-order valence-electron chi connectivity index (χ3n) is 6.39. The van der Waals surface area contributed by atoms with Crippen LogP contribution in [0.5, 0.6) is 0 Å². The Labute approximate surface area is 212 Å². The number of para-hydroxylation sites is 1. The summed E-state index contributed by atoms with van der Waals surface area (Å²) in [6, 6.07) is 20.8. The summed E-state index contributed by atoms with van der Waals surface area (Å²) in [6.07, 6.45) is 2.91. The first-order valence-electron chi connectivity index (χ1n) is 12.0. The molecule has 6 rings (SSSR count). The molecule has 0 radical (unpaired) electrons. The average Bonchev–Trinajstić information content (AvgIpc) is 3.49. The average molecular weight is 496 g/mol. The molecule has 3 aromatic carbocycles. The first kappa shape index (κ1) is 22.8. The van der Waals surface area contributed by atoms with E-state index in [1.807, 2.05) is 30.3 Å². The van der Waals surface area contributed by atoms with Crippen molar-refractivity contribution in [2.45, 2.75) is 25.7 Å². The van der Waals surface area contributed by atoms with Gasteiger partial charge in [0.2, 0.25) is 5.95 Å². The van der Waals surface area contributed by atoms with Crippen molar-refractivity contribution in [1.29, 1.82) is 0 Å². The van der Waals surface area contributed by atoms with Gasteiger partial charge < -0.3 is 5.32 Å². The van der Waals surface area contributed by atoms with E-state index in [2.05, 4.69) is 36.3 Å². The Hall–Kier alpha value is -4.66. The van der Waals surface area contributed by atoms with Gasteiger partial charge in [0.05, 0.1) is 11.4 Å². The molecule has 0 amide bonds. The minimum absolute atomic E-state index is 0.243. The Bertz CT molecular complexity index is 1440. The zero-order valence-corrected chi connectivity index (χ0v) is 19.8.